The summed E-state index contributed by atoms with van der Waals surface area (Å²) in [4.78, 5) is 20.9. The van der Waals surface area contributed by atoms with Gasteiger partial charge < -0.3 is 14.8 Å². The number of piperazine rings is 1. The molecule has 1 fully saturated rings. The Hall–Kier alpha value is -2.29. The highest BCUT2D eigenvalue weighted by atomic mass is 19.1. The lowest BCUT2D eigenvalue weighted by Crippen LogP contribution is -2.48. The number of rotatable bonds is 7. The average Bonchev–Trinajstić information content (AvgIpc) is 3.12. The molecule has 8 heteroatoms. The first kappa shape index (κ1) is 20.4. The van der Waals surface area contributed by atoms with E-state index in [0.717, 1.165) is 26.2 Å². The highest BCUT2D eigenvalue weighted by Gasteiger charge is 2.22. The van der Waals surface area contributed by atoms with Crippen LogP contribution in [-0.2, 0) is 6.54 Å². The molecular weight excluding hydrogens is 363 g/mol. The molecule has 1 saturated heterocycles. The van der Waals surface area contributed by atoms with Crippen LogP contribution >= 0.6 is 0 Å². The van der Waals surface area contributed by atoms with Crippen molar-refractivity contribution in [1.29, 1.82) is 0 Å². The molecule has 1 aliphatic rings. The van der Waals surface area contributed by atoms with E-state index in [-0.39, 0.29) is 17.7 Å². The Labute approximate surface area is 164 Å². The zero-order valence-electron chi connectivity index (χ0n) is 16.3. The summed E-state index contributed by atoms with van der Waals surface area (Å²) in [6.45, 7) is 8.69. The van der Waals surface area contributed by atoms with Gasteiger partial charge in [-0.25, -0.2) is 9.37 Å². The molecule has 152 valence electrons. The largest absolute Gasteiger partial charge is 0.447 e. The summed E-state index contributed by atoms with van der Waals surface area (Å²) in [5.41, 5.74) is 0.534. The van der Waals surface area contributed by atoms with Crippen LogP contribution in [0.5, 0.6) is 0 Å². The molecule has 1 unspecified atom stereocenters. The number of aliphatic hydroxyl groups excluding tert-OH is 1. The number of nitrogens with one attached hydrogen (secondary N) is 1. The third kappa shape index (κ3) is 5.60. The number of halogens is 1. The van der Waals surface area contributed by atoms with E-state index in [4.69, 9.17) is 4.42 Å². The van der Waals surface area contributed by atoms with Crippen molar-refractivity contribution in [2.75, 3.05) is 38.0 Å². The van der Waals surface area contributed by atoms with Gasteiger partial charge in [0.1, 0.15) is 12.1 Å². The maximum Gasteiger partial charge on any atom is 0.277 e. The van der Waals surface area contributed by atoms with Crippen LogP contribution in [0.25, 0.3) is 0 Å². The van der Waals surface area contributed by atoms with Crippen LogP contribution in [0.1, 0.15) is 30.2 Å². The van der Waals surface area contributed by atoms with Crippen molar-refractivity contribution in [2.45, 2.75) is 26.5 Å². The molecule has 2 N–H and O–H groups in total. The summed E-state index contributed by atoms with van der Waals surface area (Å²) in [5, 5.41) is 12.6. The van der Waals surface area contributed by atoms with Crippen molar-refractivity contribution in [3.05, 3.63) is 47.9 Å². The second kappa shape index (κ2) is 9.27. The first-order chi connectivity index (χ1) is 13.4. The Kier molecular flexibility index (Phi) is 6.77. The number of nitrogens with zero attached hydrogens (tertiary/aromatic N) is 3. The van der Waals surface area contributed by atoms with E-state index >= 15 is 0 Å². The predicted octanol–water partition coefficient (Wildman–Crippen LogP) is 2.20. The van der Waals surface area contributed by atoms with Gasteiger partial charge in [-0.05, 0) is 24.1 Å². The van der Waals surface area contributed by atoms with Crippen LogP contribution in [0.15, 0.2) is 34.9 Å². The van der Waals surface area contributed by atoms with Crippen LogP contribution in [0.2, 0.25) is 0 Å². The van der Waals surface area contributed by atoms with Crippen LogP contribution in [-0.4, -0.2) is 64.6 Å². The molecule has 7 nitrogen and oxygen atoms in total. The molecule has 1 amide bonds. The highest BCUT2D eigenvalue weighted by molar-refractivity contribution is 6.02. The third-order valence-electron chi connectivity index (χ3n) is 4.91. The molecule has 0 radical (unpaired) electrons. The molecule has 28 heavy (non-hydrogen) atoms. The molecule has 1 atom stereocenters. The summed E-state index contributed by atoms with van der Waals surface area (Å²) in [6, 6.07) is 5.69. The first-order valence-electron chi connectivity index (χ1n) is 9.55. The van der Waals surface area contributed by atoms with Crippen molar-refractivity contribution in [3.63, 3.8) is 0 Å². The average molecular weight is 390 g/mol. The van der Waals surface area contributed by atoms with Gasteiger partial charge in [0.2, 0.25) is 5.89 Å². The predicted molar refractivity (Wildman–Crippen MR) is 103 cm³/mol. The van der Waals surface area contributed by atoms with Gasteiger partial charge in [0.05, 0.1) is 12.6 Å². The molecule has 0 saturated carbocycles. The Morgan fingerprint density at radius 1 is 1.29 bits per heavy atom. The molecular formula is C20H27FN4O3. The van der Waals surface area contributed by atoms with E-state index in [0.29, 0.717) is 24.7 Å². The molecule has 2 aromatic rings. The molecule has 2 heterocycles. The van der Waals surface area contributed by atoms with Crippen molar-refractivity contribution < 1.29 is 18.7 Å². The number of amides is 1. The minimum absolute atomic E-state index is 0.165. The van der Waals surface area contributed by atoms with Crippen molar-refractivity contribution in [1.82, 2.24) is 14.8 Å². The fourth-order valence-electron chi connectivity index (χ4n) is 3.05. The monoisotopic (exact) mass is 390 g/mol. The normalized spacial score (nSPS) is 17.0. The van der Waals surface area contributed by atoms with E-state index in [1.54, 1.807) is 6.07 Å². The van der Waals surface area contributed by atoms with Gasteiger partial charge in [0.25, 0.3) is 5.91 Å². The van der Waals surface area contributed by atoms with E-state index in [1.807, 2.05) is 13.8 Å². The summed E-state index contributed by atoms with van der Waals surface area (Å²) < 4.78 is 18.6. The van der Waals surface area contributed by atoms with E-state index in [1.165, 1.54) is 24.5 Å². The highest BCUT2D eigenvalue weighted by Crippen LogP contribution is 2.13. The number of aromatic nitrogens is 1. The minimum Gasteiger partial charge on any atom is -0.447 e. The van der Waals surface area contributed by atoms with E-state index in [9.17, 15) is 14.3 Å². The lowest BCUT2D eigenvalue weighted by molar-refractivity contribution is 0.0463. The Morgan fingerprint density at radius 3 is 2.68 bits per heavy atom. The zero-order chi connectivity index (χ0) is 20.1. The van der Waals surface area contributed by atoms with Crippen LogP contribution in [0.3, 0.4) is 0 Å². The second-order valence-electron chi connectivity index (χ2n) is 7.48. The van der Waals surface area contributed by atoms with Gasteiger partial charge in [-0.2, -0.15) is 0 Å². The smallest absolute Gasteiger partial charge is 0.277 e. The minimum atomic E-state index is -0.437. The van der Waals surface area contributed by atoms with Crippen LogP contribution in [0.4, 0.5) is 10.1 Å². The summed E-state index contributed by atoms with van der Waals surface area (Å²) in [7, 11) is 0. The number of oxazole rings is 1. The molecule has 0 aliphatic carbocycles. The number of β-amino-alcohol motifs (C(OH)–C–C–N with tert-alkyl or cyclic N) is 1. The van der Waals surface area contributed by atoms with Crippen molar-refractivity contribution in [3.8, 4) is 0 Å². The first-order valence-corrected chi connectivity index (χ1v) is 9.55. The van der Waals surface area contributed by atoms with Gasteiger partial charge in [0, 0.05) is 38.4 Å². The van der Waals surface area contributed by atoms with E-state index < -0.39 is 11.7 Å². The van der Waals surface area contributed by atoms with Gasteiger partial charge in [-0.3, -0.25) is 14.6 Å². The fourth-order valence-corrected chi connectivity index (χ4v) is 3.05. The number of carbonyl (C=O) groups excluding carboxylic acids is 1. The number of hydrogen-bond acceptors (Lipinski definition) is 6. The lowest BCUT2D eigenvalue weighted by Gasteiger charge is -2.35. The maximum atomic E-state index is 13.2. The SMILES string of the molecule is CC(C)C(O)CN1CCN(Cc2nc(C(=O)Nc3cccc(F)c3)co2)CC1. The molecule has 0 bridgehead atoms. The van der Waals surface area contributed by atoms with Gasteiger partial charge in [0.15, 0.2) is 5.69 Å². The Balaban J connectivity index is 1.48. The summed E-state index contributed by atoms with van der Waals surface area (Å²) in [5.74, 6) is -0.130. The standard InChI is InChI=1S/C20H27FN4O3/c1-14(2)18(26)11-24-6-8-25(9-7-24)12-19-23-17(13-28-19)20(27)22-16-5-3-4-15(21)10-16/h3-5,10,13-14,18,26H,6-9,11-12H2,1-2H3,(H,22,27). The topological polar surface area (TPSA) is 81.8 Å². The van der Waals surface area contributed by atoms with Gasteiger partial charge >= 0.3 is 0 Å². The summed E-state index contributed by atoms with van der Waals surface area (Å²) in [6.07, 6.45) is 1.01. The molecule has 1 aromatic heterocycles. The Bertz CT molecular complexity index is 787. The summed E-state index contributed by atoms with van der Waals surface area (Å²) >= 11 is 0. The van der Waals surface area contributed by atoms with Crippen molar-refractivity contribution in [2.24, 2.45) is 5.92 Å². The quantitative estimate of drug-likeness (QED) is 0.754. The third-order valence-corrected chi connectivity index (χ3v) is 4.91. The van der Waals surface area contributed by atoms with Crippen molar-refractivity contribution >= 4 is 11.6 Å². The lowest BCUT2D eigenvalue weighted by atomic mass is 10.1. The molecule has 0 spiro atoms. The van der Waals surface area contributed by atoms with Crippen LogP contribution in [0, 0.1) is 11.7 Å². The molecule has 1 aromatic carbocycles. The van der Waals surface area contributed by atoms with Crippen LogP contribution < -0.4 is 5.32 Å². The number of anilines is 1. The van der Waals surface area contributed by atoms with Gasteiger partial charge in [-0.15, -0.1) is 0 Å². The number of hydrogen-bond donors (Lipinski definition) is 2. The fraction of sp³-hybridized carbons (Fsp3) is 0.500. The number of carbonyl (C=O) groups is 1. The van der Waals surface area contributed by atoms with Gasteiger partial charge in [-0.1, -0.05) is 19.9 Å². The molecule has 3 rings (SSSR count). The number of benzene rings is 1. The van der Waals surface area contributed by atoms with E-state index in [2.05, 4.69) is 20.1 Å². The second-order valence-corrected chi connectivity index (χ2v) is 7.48. The zero-order valence-corrected chi connectivity index (χ0v) is 16.3. The number of aliphatic hydroxyl groups is 1. The Morgan fingerprint density at radius 2 is 2.00 bits per heavy atom. The maximum absolute atomic E-state index is 13.2. The molecule has 1 aliphatic heterocycles.